The normalized spacial score (nSPS) is 11.8. The predicted octanol–water partition coefficient (Wildman–Crippen LogP) is 4.75. The number of amides is 1. The van der Waals surface area contributed by atoms with Crippen molar-refractivity contribution in [2.75, 3.05) is 17.7 Å². The van der Waals surface area contributed by atoms with Crippen LogP contribution in [-0.2, 0) is 4.74 Å². The fourth-order valence-electron chi connectivity index (χ4n) is 1.70. The van der Waals surface area contributed by atoms with E-state index in [1.165, 1.54) is 18.4 Å². The summed E-state index contributed by atoms with van der Waals surface area (Å²) in [5.74, 6) is 0. The van der Waals surface area contributed by atoms with Gasteiger partial charge in [0.15, 0.2) is 0 Å². The summed E-state index contributed by atoms with van der Waals surface area (Å²) < 4.78 is 5.32. The maximum absolute atomic E-state index is 11.1. The second-order valence-corrected chi connectivity index (χ2v) is 5.79. The molecule has 0 radical (unpaired) electrons. The van der Waals surface area contributed by atoms with E-state index in [0.717, 1.165) is 15.6 Å². The molecule has 0 saturated heterocycles. The number of anilines is 2. The summed E-state index contributed by atoms with van der Waals surface area (Å²) in [5.41, 5.74) is 2.81. The summed E-state index contributed by atoms with van der Waals surface area (Å²) in [7, 11) is 1.33. The molecule has 1 amide bonds. The molecule has 1 aromatic carbocycles. The zero-order valence-corrected chi connectivity index (χ0v) is 12.7. The first kappa shape index (κ1) is 14.7. The zero-order valence-electron chi connectivity index (χ0n) is 11.1. The average molecular weight is 311 g/mol. The Hall–Kier alpha value is -1.72. The van der Waals surface area contributed by atoms with Gasteiger partial charge in [0.1, 0.15) is 0 Å². The number of halogens is 1. The Kier molecular flexibility index (Phi) is 4.87. The molecule has 0 fully saturated rings. The number of hydrogen-bond donors (Lipinski definition) is 2. The molecule has 6 heteroatoms. The lowest BCUT2D eigenvalue weighted by Crippen LogP contribution is -2.11. The number of ether oxygens (including phenoxy) is 1. The van der Waals surface area contributed by atoms with Crippen LogP contribution in [-0.4, -0.2) is 13.2 Å². The zero-order chi connectivity index (χ0) is 14.5. The summed E-state index contributed by atoms with van der Waals surface area (Å²) >= 11 is 7.45. The molecule has 1 heterocycles. The summed E-state index contributed by atoms with van der Waals surface area (Å²) in [6.45, 7) is 2.07. The van der Waals surface area contributed by atoms with E-state index in [9.17, 15) is 4.79 Å². The number of carbonyl (C=O) groups excluding carboxylic acids is 1. The number of rotatable bonds is 4. The van der Waals surface area contributed by atoms with Crippen LogP contribution in [0.2, 0.25) is 4.34 Å². The highest BCUT2D eigenvalue weighted by molar-refractivity contribution is 7.14. The minimum atomic E-state index is -0.480. The monoisotopic (exact) mass is 310 g/mol. The van der Waals surface area contributed by atoms with Crippen LogP contribution in [0, 0.1) is 0 Å². The van der Waals surface area contributed by atoms with E-state index < -0.39 is 6.09 Å². The summed E-state index contributed by atoms with van der Waals surface area (Å²) in [6, 6.07) is 9.54. The third kappa shape index (κ3) is 3.88. The number of hydrogen-bond acceptors (Lipinski definition) is 4. The van der Waals surface area contributed by atoms with Crippen LogP contribution in [0.5, 0.6) is 0 Å². The smallest absolute Gasteiger partial charge is 0.411 e. The van der Waals surface area contributed by atoms with Crippen LogP contribution in [0.4, 0.5) is 16.2 Å². The van der Waals surface area contributed by atoms with E-state index in [0.29, 0.717) is 5.69 Å². The molecule has 0 aliphatic rings. The lowest BCUT2D eigenvalue weighted by Gasteiger charge is -2.14. The van der Waals surface area contributed by atoms with Crippen LogP contribution in [0.25, 0.3) is 0 Å². The topological polar surface area (TPSA) is 50.4 Å². The van der Waals surface area contributed by atoms with Crippen molar-refractivity contribution >= 4 is 40.4 Å². The van der Waals surface area contributed by atoms with Crippen LogP contribution in [0.3, 0.4) is 0 Å². The largest absolute Gasteiger partial charge is 0.453 e. The van der Waals surface area contributed by atoms with Gasteiger partial charge in [0.05, 0.1) is 11.4 Å². The highest BCUT2D eigenvalue weighted by Crippen LogP contribution is 2.27. The molecule has 2 N–H and O–H groups in total. The predicted molar refractivity (Wildman–Crippen MR) is 83.8 cm³/mol. The van der Waals surface area contributed by atoms with Gasteiger partial charge in [0, 0.05) is 17.4 Å². The van der Waals surface area contributed by atoms with Gasteiger partial charge < -0.3 is 10.1 Å². The van der Waals surface area contributed by atoms with E-state index in [4.69, 9.17) is 11.6 Å². The Morgan fingerprint density at radius 2 is 1.95 bits per heavy atom. The van der Waals surface area contributed by atoms with E-state index >= 15 is 0 Å². The Morgan fingerprint density at radius 3 is 2.50 bits per heavy atom. The Morgan fingerprint density at radius 1 is 1.30 bits per heavy atom. The van der Waals surface area contributed by atoms with Crippen LogP contribution < -0.4 is 10.6 Å². The maximum Gasteiger partial charge on any atom is 0.411 e. The van der Waals surface area contributed by atoms with Crippen molar-refractivity contribution in [1.29, 1.82) is 0 Å². The first-order valence-corrected chi connectivity index (χ1v) is 7.30. The molecule has 106 valence electrons. The molecule has 0 bridgehead atoms. The second-order valence-electron chi connectivity index (χ2n) is 4.24. The summed E-state index contributed by atoms with van der Waals surface area (Å²) in [4.78, 5) is 11.1. The van der Waals surface area contributed by atoms with Crippen molar-refractivity contribution in [3.8, 4) is 0 Å². The SMILES string of the molecule is COC(=O)Nc1ccc(NC(C)c2csc(Cl)c2)cc1. The number of carbonyl (C=O) groups is 1. The molecular formula is C14H15ClN2O2S. The van der Waals surface area contributed by atoms with Crippen molar-refractivity contribution in [3.63, 3.8) is 0 Å². The molecular weight excluding hydrogens is 296 g/mol. The van der Waals surface area contributed by atoms with Crippen molar-refractivity contribution in [2.24, 2.45) is 0 Å². The van der Waals surface area contributed by atoms with Gasteiger partial charge in [-0.2, -0.15) is 0 Å². The van der Waals surface area contributed by atoms with Gasteiger partial charge in [-0.15, -0.1) is 11.3 Å². The first-order valence-electron chi connectivity index (χ1n) is 6.04. The van der Waals surface area contributed by atoms with Gasteiger partial charge in [-0.3, -0.25) is 5.32 Å². The van der Waals surface area contributed by atoms with Crippen molar-refractivity contribution in [3.05, 3.63) is 45.6 Å². The fourth-order valence-corrected chi connectivity index (χ4v) is 2.69. The number of methoxy groups -OCH3 is 1. The van der Waals surface area contributed by atoms with Crippen molar-refractivity contribution in [1.82, 2.24) is 0 Å². The molecule has 0 aliphatic heterocycles. The highest BCUT2D eigenvalue weighted by atomic mass is 35.5. The van der Waals surface area contributed by atoms with Gasteiger partial charge in [-0.05, 0) is 48.2 Å². The van der Waals surface area contributed by atoms with E-state index in [-0.39, 0.29) is 6.04 Å². The standard InChI is InChI=1S/C14H15ClN2O2S/c1-9(10-7-13(15)20-8-10)16-11-3-5-12(6-4-11)17-14(18)19-2/h3-9,16H,1-2H3,(H,17,18). The quantitative estimate of drug-likeness (QED) is 0.856. The molecule has 1 atom stereocenters. The molecule has 2 rings (SSSR count). The third-order valence-electron chi connectivity index (χ3n) is 2.79. The van der Waals surface area contributed by atoms with Crippen molar-refractivity contribution in [2.45, 2.75) is 13.0 Å². The Bertz CT molecular complexity index is 583. The van der Waals surface area contributed by atoms with Gasteiger partial charge in [0.2, 0.25) is 0 Å². The lowest BCUT2D eigenvalue weighted by molar-refractivity contribution is 0.187. The van der Waals surface area contributed by atoms with E-state index in [1.54, 1.807) is 0 Å². The number of benzene rings is 1. The molecule has 1 unspecified atom stereocenters. The maximum atomic E-state index is 11.1. The molecule has 0 aliphatic carbocycles. The van der Waals surface area contributed by atoms with E-state index in [2.05, 4.69) is 22.3 Å². The lowest BCUT2D eigenvalue weighted by atomic mass is 10.1. The second kappa shape index (κ2) is 6.63. The molecule has 2 aromatic rings. The van der Waals surface area contributed by atoms with Gasteiger partial charge in [0.25, 0.3) is 0 Å². The van der Waals surface area contributed by atoms with Gasteiger partial charge >= 0.3 is 6.09 Å². The number of nitrogens with one attached hydrogen (secondary N) is 2. The van der Waals surface area contributed by atoms with Crippen LogP contribution in [0.1, 0.15) is 18.5 Å². The third-order valence-corrected chi connectivity index (χ3v) is 3.90. The van der Waals surface area contributed by atoms with Crippen molar-refractivity contribution < 1.29 is 9.53 Å². The molecule has 4 nitrogen and oxygen atoms in total. The van der Waals surface area contributed by atoms with Crippen LogP contribution in [0.15, 0.2) is 35.7 Å². The summed E-state index contributed by atoms with van der Waals surface area (Å²) in [5, 5.41) is 8.01. The molecule has 20 heavy (non-hydrogen) atoms. The first-order chi connectivity index (χ1) is 9.58. The van der Waals surface area contributed by atoms with Crippen LogP contribution >= 0.6 is 22.9 Å². The minimum absolute atomic E-state index is 0.165. The Balaban J connectivity index is 1.98. The highest BCUT2D eigenvalue weighted by Gasteiger charge is 2.08. The Labute approximate surface area is 126 Å². The fraction of sp³-hybridized carbons (Fsp3) is 0.214. The number of thiophene rings is 1. The molecule has 0 spiro atoms. The molecule has 0 saturated carbocycles. The van der Waals surface area contributed by atoms with E-state index in [1.807, 2.05) is 35.7 Å². The van der Waals surface area contributed by atoms with Gasteiger partial charge in [-0.1, -0.05) is 11.6 Å². The average Bonchev–Trinajstić information content (AvgIpc) is 2.87. The molecule has 1 aromatic heterocycles. The minimum Gasteiger partial charge on any atom is -0.453 e. The van der Waals surface area contributed by atoms with Gasteiger partial charge in [-0.25, -0.2) is 4.79 Å². The summed E-state index contributed by atoms with van der Waals surface area (Å²) in [6.07, 6.45) is -0.480.